The number of carbonyl (C=O) groups is 1. The molecule has 10 heteroatoms. The first-order valence-corrected chi connectivity index (χ1v) is 6.36. The van der Waals surface area contributed by atoms with Gasteiger partial charge in [0.05, 0.1) is 15.9 Å². The summed E-state index contributed by atoms with van der Waals surface area (Å²) in [6, 6.07) is 2.92. The second kappa shape index (κ2) is 6.70. The molecule has 0 spiro atoms. The van der Waals surface area contributed by atoms with Crippen molar-refractivity contribution in [2.75, 3.05) is 12.8 Å². The standard InChI is InChI=1S/C10H11N3O6S/c1-3-20-10(14)11(2)19-9-5-4-7(12(15)16)6-8(9)13(17)18/h4-6H,3H2,1-2H3. The average molecular weight is 301 g/mol. The fourth-order valence-electron chi connectivity index (χ4n) is 1.24. The lowest BCUT2D eigenvalue weighted by molar-refractivity contribution is -0.395. The molecule has 0 aliphatic carbocycles. The van der Waals surface area contributed by atoms with Crippen molar-refractivity contribution >= 4 is 28.4 Å². The van der Waals surface area contributed by atoms with Crippen LogP contribution in [0, 0.1) is 20.2 Å². The van der Waals surface area contributed by atoms with Crippen LogP contribution in [0.5, 0.6) is 5.75 Å². The zero-order valence-corrected chi connectivity index (χ0v) is 11.5. The Kier molecular flexibility index (Phi) is 5.26. The van der Waals surface area contributed by atoms with E-state index >= 15 is 0 Å². The molecule has 0 aliphatic rings. The molecule has 0 heterocycles. The van der Waals surface area contributed by atoms with Gasteiger partial charge in [-0.15, -0.1) is 0 Å². The highest BCUT2D eigenvalue weighted by Gasteiger charge is 2.23. The number of hydrogen-bond acceptors (Lipinski definition) is 7. The number of benzene rings is 1. The summed E-state index contributed by atoms with van der Waals surface area (Å²) in [6.45, 7) is 1.77. The molecule has 20 heavy (non-hydrogen) atoms. The van der Waals surface area contributed by atoms with E-state index < -0.39 is 26.5 Å². The number of nitrogens with zero attached hydrogens (tertiary/aromatic N) is 3. The Hall–Kier alpha value is -2.36. The number of carbonyl (C=O) groups excluding carboxylic acids is 1. The Morgan fingerprint density at radius 3 is 2.50 bits per heavy atom. The molecular weight excluding hydrogens is 290 g/mol. The van der Waals surface area contributed by atoms with Crippen LogP contribution in [0.25, 0.3) is 0 Å². The van der Waals surface area contributed by atoms with E-state index in [0.717, 1.165) is 35.0 Å². The summed E-state index contributed by atoms with van der Waals surface area (Å²) in [5.41, 5.74) is -1.01. The van der Waals surface area contributed by atoms with Crippen molar-refractivity contribution in [2.45, 2.75) is 6.92 Å². The molecule has 9 nitrogen and oxygen atoms in total. The minimum atomic E-state index is -0.812. The topological polar surface area (TPSA) is 116 Å². The minimum absolute atomic E-state index is 0.242. The third-order valence-electron chi connectivity index (χ3n) is 2.11. The lowest BCUT2D eigenvalue weighted by atomic mass is 10.2. The third kappa shape index (κ3) is 3.82. The van der Waals surface area contributed by atoms with Crippen LogP contribution in [-0.4, -0.2) is 32.9 Å². The maximum Gasteiger partial charge on any atom is 0.321 e. The van der Waals surface area contributed by atoms with Crippen molar-refractivity contribution in [1.82, 2.24) is 5.06 Å². The molecule has 0 N–H and O–H groups in total. The maximum atomic E-state index is 11.5. The van der Waals surface area contributed by atoms with Gasteiger partial charge in [-0.2, -0.15) is 5.06 Å². The zero-order chi connectivity index (χ0) is 15.3. The lowest BCUT2D eigenvalue weighted by Crippen LogP contribution is -2.27. The summed E-state index contributed by atoms with van der Waals surface area (Å²) in [4.78, 5) is 36.4. The van der Waals surface area contributed by atoms with E-state index in [0.29, 0.717) is 5.75 Å². The quantitative estimate of drug-likeness (QED) is 0.606. The number of hydroxylamine groups is 2. The minimum Gasteiger partial charge on any atom is -0.369 e. The summed E-state index contributed by atoms with van der Waals surface area (Å²) in [5, 5.41) is 21.9. The Morgan fingerprint density at radius 1 is 1.35 bits per heavy atom. The van der Waals surface area contributed by atoms with E-state index in [1.165, 1.54) is 7.05 Å². The lowest BCUT2D eigenvalue weighted by Gasteiger charge is -2.16. The van der Waals surface area contributed by atoms with Gasteiger partial charge >= 0.3 is 10.9 Å². The van der Waals surface area contributed by atoms with Gasteiger partial charge in [-0.3, -0.25) is 25.0 Å². The van der Waals surface area contributed by atoms with E-state index in [2.05, 4.69) is 0 Å². The van der Waals surface area contributed by atoms with Crippen LogP contribution in [0.3, 0.4) is 0 Å². The number of hydrogen-bond donors (Lipinski definition) is 0. The van der Waals surface area contributed by atoms with Gasteiger partial charge in [0.2, 0.25) is 5.75 Å². The van der Waals surface area contributed by atoms with Crippen LogP contribution in [0.4, 0.5) is 16.2 Å². The van der Waals surface area contributed by atoms with Crippen LogP contribution < -0.4 is 4.84 Å². The van der Waals surface area contributed by atoms with Crippen molar-refractivity contribution in [3.63, 3.8) is 0 Å². The van der Waals surface area contributed by atoms with Gasteiger partial charge in [0.15, 0.2) is 0 Å². The second-order valence-corrected chi connectivity index (χ2v) is 4.67. The fraction of sp³-hybridized carbons (Fsp3) is 0.300. The second-order valence-electron chi connectivity index (χ2n) is 3.45. The molecule has 0 saturated heterocycles. The molecule has 0 aromatic heterocycles. The van der Waals surface area contributed by atoms with Crippen molar-refractivity contribution in [3.8, 4) is 5.75 Å². The highest BCUT2D eigenvalue weighted by atomic mass is 32.2. The predicted molar refractivity (Wildman–Crippen MR) is 71.7 cm³/mol. The molecule has 108 valence electrons. The monoisotopic (exact) mass is 301 g/mol. The molecule has 1 aromatic rings. The smallest absolute Gasteiger partial charge is 0.321 e. The fourth-order valence-corrected chi connectivity index (χ4v) is 1.70. The van der Waals surface area contributed by atoms with Crippen LogP contribution in [0.2, 0.25) is 0 Å². The summed E-state index contributed by atoms with van der Waals surface area (Å²) in [7, 11) is 1.30. The largest absolute Gasteiger partial charge is 0.369 e. The number of rotatable bonds is 5. The van der Waals surface area contributed by atoms with E-state index in [9.17, 15) is 25.0 Å². The first kappa shape index (κ1) is 15.7. The number of amides is 1. The SMILES string of the molecule is CCSC(=O)N(C)Oc1ccc([N+](=O)[O-])cc1[N+](=O)[O-]. The molecule has 0 saturated carbocycles. The Balaban J connectivity index is 3.03. The highest BCUT2D eigenvalue weighted by molar-refractivity contribution is 8.13. The molecule has 1 rings (SSSR count). The van der Waals surface area contributed by atoms with Gasteiger partial charge < -0.3 is 4.84 Å². The van der Waals surface area contributed by atoms with Gasteiger partial charge in [-0.25, -0.2) is 0 Å². The number of nitro groups is 2. The molecule has 0 aliphatic heterocycles. The van der Waals surface area contributed by atoms with E-state index in [1.54, 1.807) is 6.92 Å². The third-order valence-corrected chi connectivity index (χ3v) is 2.90. The van der Waals surface area contributed by atoms with Crippen LogP contribution in [-0.2, 0) is 0 Å². The first-order chi connectivity index (χ1) is 9.36. The predicted octanol–water partition coefficient (Wildman–Crippen LogP) is 2.60. The summed E-state index contributed by atoms with van der Waals surface area (Å²) in [6.07, 6.45) is 0. The Labute approximate surface area is 117 Å². The molecule has 0 atom stereocenters. The van der Waals surface area contributed by atoms with Gasteiger partial charge in [-0.1, -0.05) is 18.7 Å². The van der Waals surface area contributed by atoms with Gasteiger partial charge in [-0.05, 0) is 11.8 Å². The highest BCUT2D eigenvalue weighted by Crippen LogP contribution is 2.31. The normalized spacial score (nSPS) is 9.90. The Bertz CT molecular complexity index is 550. The van der Waals surface area contributed by atoms with Crippen LogP contribution in [0.1, 0.15) is 6.92 Å². The molecule has 0 unspecified atom stereocenters. The summed E-state index contributed by atoms with van der Waals surface area (Å²) in [5.74, 6) is 0.280. The number of non-ortho nitro benzene ring substituents is 1. The zero-order valence-electron chi connectivity index (χ0n) is 10.6. The van der Waals surface area contributed by atoms with Gasteiger partial charge in [0.25, 0.3) is 5.69 Å². The van der Waals surface area contributed by atoms with E-state index in [-0.39, 0.29) is 5.75 Å². The van der Waals surface area contributed by atoms with Crippen LogP contribution >= 0.6 is 11.8 Å². The Morgan fingerprint density at radius 2 is 2.00 bits per heavy atom. The van der Waals surface area contributed by atoms with Crippen molar-refractivity contribution in [3.05, 3.63) is 38.4 Å². The van der Waals surface area contributed by atoms with Crippen molar-refractivity contribution in [2.24, 2.45) is 0 Å². The maximum absolute atomic E-state index is 11.5. The number of thioether (sulfide) groups is 1. The van der Waals surface area contributed by atoms with Crippen molar-refractivity contribution in [1.29, 1.82) is 0 Å². The summed E-state index contributed by atoms with van der Waals surface area (Å²) < 4.78 is 0. The molecule has 1 aromatic carbocycles. The average Bonchev–Trinajstić information content (AvgIpc) is 2.38. The van der Waals surface area contributed by atoms with E-state index in [4.69, 9.17) is 4.84 Å². The first-order valence-electron chi connectivity index (χ1n) is 5.38. The van der Waals surface area contributed by atoms with Crippen LogP contribution in [0.15, 0.2) is 18.2 Å². The molecule has 0 bridgehead atoms. The molecule has 1 amide bonds. The molecule has 0 radical (unpaired) electrons. The van der Waals surface area contributed by atoms with Crippen molar-refractivity contribution < 1.29 is 19.5 Å². The van der Waals surface area contributed by atoms with Gasteiger partial charge in [0.1, 0.15) is 0 Å². The summed E-state index contributed by atoms with van der Waals surface area (Å²) >= 11 is 0.965. The number of nitro benzene ring substituents is 2. The van der Waals surface area contributed by atoms with E-state index in [1.807, 2.05) is 0 Å². The molecular formula is C10H11N3O6S. The molecule has 0 fully saturated rings. The van der Waals surface area contributed by atoms with Gasteiger partial charge in [0, 0.05) is 13.1 Å².